The third-order valence-electron chi connectivity index (χ3n) is 4.87. The number of hydrogen-bond acceptors (Lipinski definition) is 4. The van der Waals surface area contributed by atoms with Crippen molar-refractivity contribution in [1.82, 2.24) is 0 Å². The number of esters is 1. The number of thiophene rings is 1. The predicted octanol–water partition coefficient (Wildman–Crippen LogP) is 4.84. The Balaban J connectivity index is 1.81. The van der Waals surface area contributed by atoms with Crippen LogP contribution in [0.1, 0.15) is 46.1 Å². The first kappa shape index (κ1) is 19.3. The second-order valence-corrected chi connectivity index (χ2v) is 7.70. The van der Waals surface area contributed by atoms with E-state index in [1.165, 1.54) is 36.7 Å². The molecule has 2 aromatic rings. The van der Waals surface area contributed by atoms with Crippen LogP contribution < -0.4 is 5.32 Å². The van der Waals surface area contributed by atoms with E-state index in [9.17, 15) is 14.0 Å². The number of carbonyl (C=O) groups excluding carboxylic acids is 2. The molecule has 0 spiro atoms. The lowest BCUT2D eigenvalue weighted by molar-refractivity contribution is -0.111. The van der Waals surface area contributed by atoms with E-state index in [1.54, 1.807) is 18.2 Å². The van der Waals surface area contributed by atoms with Crippen LogP contribution in [0.2, 0.25) is 0 Å². The van der Waals surface area contributed by atoms with Gasteiger partial charge >= 0.3 is 5.97 Å². The van der Waals surface area contributed by atoms with E-state index in [0.717, 1.165) is 41.7 Å². The SMILES string of the molecule is CC[C@H]1CCc2c(sc(NC(=O)/C=C\c3ccc(F)cc3)c2C(=O)OC)C1. The summed E-state index contributed by atoms with van der Waals surface area (Å²) in [6, 6.07) is 5.86. The number of ether oxygens (including phenoxy) is 1. The monoisotopic (exact) mass is 387 g/mol. The zero-order valence-corrected chi connectivity index (χ0v) is 16.2. The lowest BCUT2D eigenvalue weighted by atomic mass is 9.86. The molecule has 0 unspecified atom stereocenters. The number of carbonyl (C=O) groups is 2. The lowest BCUT2D eigenvalue weighted by Gasteiger charge is -2.20. The maximum atomic E-state index is 12.9. The quantitative estimate of drug-likeness (QED) is 0.590. The van der Waals surface area contributed by atoms with E-state index in [1.807, 2.05) is 0 Å². The minimum Gasteiger partial charge on any atom is -0.465 e. The van der Waals surface area contributed by atoms with Crippen molar-refractivity contribution in [3.05, 3.63) is 57.7 Å². The Labute approximate surface area is 162 Å². The van der Waals surface area contributed by atoms with E-state index in [2.05, 4.69) is 12.2 Å². The summed E-state index contributed by atoms with van der Waals surface area (Å²) in [5, 5.41) is 3.35. The van der Waals surface area contributed by atoms with Gasteiger partial charge in [-0.15, -0.1) is 11.3 Å². The number of anilines is 1. The first-order valence-electron chi connectivity index (χ1n) is 8.99. The Morgan fingerprint density at radius 2 is 2.07 bits per heavy atom. The minimum atomic E-state index is -0.416. The largest absolute Gasteiger partial charge is 0.465 e. The molecular weight excluding hydrogens is 365 g/mol. The highest BCUT2D eigenvalue weighted by Crippen LogP contribution is 2.40. The zero-order chi connectivity index (χ0) is 19.4. The summed E-state index contributed by atoms with van der Waals surface area (Å²) in [5.41, 5.74) is 2.21. The fraction of sp³-hybridized carbons (Fsp3) is 0.333. The highest BCUT2D eigenvalue weighted by atomic mass is 32.1. The van der Waals surface area contributed by atoms with Crippen molar-refractivity contribution in [3.8, 4) is 0 Å². The number of benzene rings is 1. The van der Waals surface area contributed by atoms with Crippen LogP contribution in [0.25, 0.3) is 6.08 Å². The van der Waals surface area contributed by atoms with Gasteiger partial charge in [-0.05, 0) is 54.5 Å². The second-order valence-electron chi connectivity index (χ2n) is 6.59. The second kappa shape index (κ2) is 8.48. The molecule has 1 aliphatic rings. The molecule has 1 aromatic carbocycles. The van der Waals surface area contributed by atoms with Crippen LogP contribution in [-0.2, 0) is 22.4 Å². The highest BCUT2D eigenvalue weighted by Gasteiger charge is 2.29. The Morgan fingerprint density at radius 3 is 2.74 bits per heavy atom. The van der Waals surface area contributed by atoms with E-state index in [4.69, 9.17) is 4.74 Å². The average Bonchev–Trinajstić information content (AvgIpc) is 3.03. The summed E-state index contributed by atoms with van der Waals surface area (Å²) >= 11 is 1.46. The molecule has 6 heteroatoms. The van der Waals surface area contributed by atoms with Crippen LogP contribution in [-0.4, -0.2) is 19.0 Å². The summed E-state index contributed by atoms with van der Waals surface area (Å²) in [6.45, 7) is 2.17. The van der Waals surface area contributed by atoms with Crippen LogP contribution in [0, 0.1) is 11.7 Å². The lowest BCUT2D eigenvalue weighted by Crippen LogP contribution is -2.15. The molecule has 1 aromatic heterocycles. The molecule has 142 valence electrons. The maximum Gasteiger partial charge on any atom is 0.341 e. The molecule has 1 aliphatic carbocycles. The smallest absolute Gasteiger partial charge is 0.341 e. The van der Waals surface area contributed by atoms with E-state index < -0.39 is 5.97 Å². The maximum absolute atomic E-state index is 12.9. The first-order valence-corrected chi connectivity index (χ1v) is 9.81. The molecule has 0 saturated heterocycles. The molecule has 1 amide bonds. The number of amides is 1. The van der Waals surface area contributed by atoms with Gasteiger partial charge in [-0.3, -0.25) is 4.79 Å². The summed E-state index contributed by atoms with van der Waals surface area (Å²) in [6.07, 6.45) is 6.89. The third-order valence-corrected chi connectivity index (χ3v) is 6.04. The van der Waals surface area contributed by atoms with Gasteiger partial charge in [0.1, 0.15) is 10.8 Å². The molecule has 3 rings (SSSR count). The Hall–Kier alpha value is -2.47. The van der Waals surface area contributed by atoms with Crippen molar-refractivity contribution in [2.75, 3.05) is 12.4 Å². The fourth-order valence-corrected chi connectivity index (χ4v) is 4.66. The Kier molecular flexibility index (Phi) is 6.06. The van der Waals surface area contributed by atoms with Gasteiger partial charge in [0.25, 0.3) is 0 Å². The minimum absolute atomic E-state index is 0.325. The number of rotatable bonds is 5. The topological polar surface area (TPSA) is 55.4 Å². The normalized spacial score (nSPS) is 16.2. The van der Waals surface area contributed by atoms with E-state index in [0.29, 0.717) is 16.5 Å². The van der Waals surface area contributed by atoms with Gasteiger partial charge in [0.2, 0.25) is 5.91 Å². The van der Waals surface area contributed by atoms with Crippen LogP contribution in [0.5, 0.6) is 0 Å². The van der Waals surface area contributed by atoms with E-state index >= 15 is 0 Å². The van der Waals surface area contributed by atoms with Gasteiger partial charge in [0.05, 0.1) is 12.7 Å². The molecule has 1 N–H and O–H groups in total. The van der Waals surface area contributed by atoms with Crippen molar-refractivity contribution in [2.24, 2.45) is 5.92 Å². The molecule has 1 heterocycles. The van der Waals surface area contributed by atoms with Crippen LogP contribution >= 0.6 is 11.3 Å². The molecular formula is C21H22FNO3S. The van der Waals surface area contributed by atoms with Crippen molar-refractivity contribution in [2.45, 2.75) is 32.6 Å². The van der Waals surface area contributed by atoms with E-state index in [-0.39, 0.29) is 11.7 Å². The number of fused-ring (bicyclic) bond motifs is 1. The molecule has 0 radical (unpaired) electrons. The summed E-state index contributed by atoms with van der Waals surface area (Å²) < 4.78 is 17.9. The summed E-state index contributed by atoms with van der Waals surface area (Å²) in [5.74, 6) is -0.465. The van der Waals surface area contributed by atoms with Crippen LogP contribution in [0.15, 0.2) is 30.3 Å². The number of halogens is 1. The van der Waals surface area contributed by atoms with Crippen molar-refractivity contribution >= 4 is 34.3 Å². The van der Waals surface area contributed by atoms with Gasteiger partial charge in [-0.2, -0.15) is 0 Å². The van der Waals surface area contributed by atoms with Gasteiger partial charge in [0, 0.05) is 11.0 Å². The number of nitrogens with one attached hydrogen (secondary N) is 1. The van der Waals surface area contributed by atoms with Crippen LogP contribution in [0.3, 0.4) is 0 Å². The Morgan fingerprint density at radius 1 is 1.33 bits per heavy atom. The Bertz CT molecular complexity index is 870. The average molecular weight is 387 g/mol. The van der Waals surface area contributed by atoms with Gasteiger partial charge < -0.3 is 10.1 Å². The van der Waals surface area contributed by atoms with Crippen molar-refractivity contribution in [3.63, 3.8) is 0 Å². The van der Waals surface area contributed by atoms with Crippen molar-refractivity contribution < 1.29 is 18.7 Å². The van der Waals surface area contributed by atoms with Crippen molar-refractivity contribution in [1.29, 1.82) is 0 Å². The molecule has 0 fully saturated rings. The van der Waals surface area contributed by atoms with Gasteiger partial charge in [0.15, 0.2) is 0 Å². The fourth-order valence-electron chi connectivity index (χ4n) is 3.31. The van der Waals surface area contributed by atoms with Gasteiger partial charge in [-0.1, -0.05) is 25.5 Å². The van der Waals surface area contributed by atoms with Gasteiger partial charge in [-0.25, -0.2) is 9.18 Å². The molecule has 1 atom stereocenters. The molecule has 0 bridgehead atoms. The summed E-state index contributed by atoms with van der Waals surface area (Å²) in [4.78, 5) is 25.8. The zero-order valence-electron chi connectivity index (χ0n) is 15.4. The molecule has 27 heavy (non-hydrogen) atoms. The number of methoxy groups -OCH3 is 1. The molecule has 4 nitrogen and oxygen atoms in total. The predicted molar refractivity (Wildman–Crippen MR) is 106 cm³/mol. The summed E-state index contributed by atoms with van der Waals surface area (Å²) in [7, 11) is 1.35. The standard InChI is InChI=1S/C21H22FNO3S/c1-3-13-6-10-16-17(12-13)27-20(19(16)21(25)26-2)23-18(24)11-7-14-4-8-15(22)9-5-14/h4-5,7-9,11,13H,3,6,10,12H2,1-2H3,(H,23,24)/b11-7-/t13-/m0/s1. The number of hydrogen-bond donors (Lipinski definition) is 1. The highest BCUT2D eigenvalue weighted by molar-refractivity contribution is 7.17. The molecule has 0 saturated carbocycles. The molecule has 0 aliphatic heterocycles. The third kappa shape index (κ3) is 4.45. The van der Waals surface area contributed by atoms with Crippen LogP contribution in [0.4, 0.5) is 9.39 Å². The first-order chi connectivity index (χ1) is 13.0.